The Morgan fingerprint density at radius 2 is 1.56 bits per heavy atom. The molecule has 1 aliphatic rings. The van der Waals surface area contributed by atoms with Crippen LogP contribution in [0.1, 0.15) is 49.3 Å². The van der Waals surface area contributed by atoms with E-state index in [1.807, 2.05) is 48.5 Å². The van der Waals surface area contributed by atoms with Crippen LogP contribution >= 0.6 is 0 Å². The van der Waals surface area contributed by atoms with Gasteiger partial charge >= 0.3 is 0 Å². The molecule has 2 amide bonds. The molecule has 0 radical (unpaired) electrons. The summed E-state index contributed by atoms with van der Waals surface area (Å²) >= 11 is 0. The molecule has 142 valence electrons. The number of nitrogens with one attached hydrogen (secondary N) is 2. The quantitative estimate of drug-likeness (QED) is 0.749. The zero-order valence-corrected chi connectivity index (χ0v) is 15.7. The molecule has 27 heavy (non-hydrogen) atoms. The van der Waals surface area contributed by atoms with Gasteiger partial charge in [-0.1, -0.05) is 73.5 Å². The third-order valence-corrected chi connectivity index (χ3v) is 5.25. The third kappa shape index (κ3) is 5.95. The number of hydrogen-bond acceptors (Lipinski definition) is 2. The standard InChI is InChI=1S/C23H28N2O2/c26-22(17-24-23(27)20-13-7-8-14-20)25-21(19-11-5-2-6-12-19)16-15-18-9-3-1-4-10-18/h1-6,9-12,20-21H,7-8,13-17H2,(H,24,27)(H,25,26). The molecule has 1 saturated carbocycles. The molecule has 0 aromatic heterocycles. The summed E-state index contributed by atoms with van der Waals surface area (Å²) in [4.78, 5) is 24.6. The summed E-state index contributed by atoms with van der Waals surface area (Å²) in [6.45, 7) is 0.0456. The molecule has 0 heterocycles. The summed E-state index contributed by atoms with van der Waals surface area (Å²) in [5.74, 6) is -0.0349. The van der Waals surface area contributed by atoms with Crippen molar-refractivity contribution < 1.29 is 9.59 Å². The summed E-state index contributed by atoms with van der Waals surface area (Å²) in [6.07, 6.45) is 5.81. The van der Waals surface area contributed by atoms with Gasteiger partial charge in [-0.2, -0.15) is 0 Å². The van der Waals surface area contributed by atoms with Crippen molar-refractivity contribution in [2.75, 3.05) is 6.54 Å². The maximum absolute atomic E-state index is 12.4. The number of carbonyl (C=O) groups excluding carboxylic acids is 2. The van der Waals surface area contributed by atoms with E-state index in [-0.39, 0.29) is 30.3 Å². The summed E-state index contributed by atoms with van der Waals surface area (Å²) in [7, 11) is 0. The van der Waals surface area contributed by atoms with Gasteiger partial charge in [-0.3, -0.25) is 9.59 Å². The molecule has 0 aliphatic heterocycles. The van der Waals surface area contributed by atoms with Crippen LogP contribution in [-0.2, 0) is 16.0 Å². The molecule has 0 bridgehead atoms. The Balaban J connectivity index is 1.55. The van der Waals surface area contributed by atoms with Crippen LogP contribution in [0.15, 0.2) is 60.7 Å². The average molecular weight is 364 g/mol. The highest BCUT2D eigenvalue weighted by atomic mass is 16.2. The van der Waals surface area contributed by atoms with Gasteiger partial charge in [0.1, 0.15) is 0 Å². The second-order valence-corrected chi connectivity index (χ2v) is 7.25. The van der Waals surface area contributed by atoms with Crippen LogP contribution in [-0.4, -0.2) is 18.4 Å². The Morgan fingerprint density at radius 3 is 2.22 bits per heavy atom. The first-order valence-electron chi connectivity index (χ1n) is 9.88. The first-order valence-corrected chi connectivity index (χ1v) is 9.88. The van der Waals surface area contributed by atoms with Crippen molar-refractivity contribution in [3.8, 4) is 0 Å². The SMILES string of the molecule is O=C(CNC(=O)C1CCCC1)NC(CCc1ccccc1)c1ccccc1. The molecule has 3 rings (SSSR count). The first-order chi connectivity index (χ1) is 13.2. The molecule has 1 atom stereocenters. The van der Waals surface area contributed by atoms with Gasteiger partial charge in [0.15, 0.2) is 0 Å². The van der Waals surface area contributed by atoms with Crippen molar-refractivity contribution in [3.05, 3.63) is 71.8 Å². The second-order valence-electron chi connectivity index (χ2n) is 7.25. The van der Waals surface area contributed by atoms with Gasteiger partial charge in [-0.15, -0.1) is 0 Å². The van der Waals surface area contributed by atoms with Crippen LogP contribution in [0.2, 0.25) is 0 Å². The molecule has 4 heteroatoms. The summed E-state index contributed by atoms with van der Waals surface area (Å²) in [5.41, 5.74) is 2.34. The highest BCUT2D eigenvalue weighted by Gasteiger charge is 2.23. The Morgan fingerprint density at radius 1 is 0.926 bits per heavy atom. The lowest BCUT2D eigenvalue weighted by Gasteiger charge is -2.20. The highest BCUT2D eigenvalue weighted by Crippen LogP contribution is 2.24. The van der Waals surface area contributed by atoms with E-state index < -0.39 is 0 Å². The number of aryl methyl sites for hydroxylation is 1. The largest absolute Gasteiger partial charge is 0.348 e. The highest BCUT2D eigenvalue weighted by molar-refractivity contribution is 5.86. The van der Waals surface area contributed by atoms with Crippen molar-refractivity contribution >= 4 is 11.8 Å². The van der Waals surface area contributed by atoms with Crippen molar-refractivity contribution in [1.29, 1.82) is 0 Å². The smallest absolute Gasteiger partial charge is 0.239 e. The molecule has 2 aromatic rings. The number of amides is 2. The van der Waals surface area contributed by atoms with Crippen LogP contribution < -0.4 is 10.6 Å². The minimum Gasteiger partial charge on any atom is -0.348 e. The molecule has 2 aromatic carbocycles. The van der Waals surface area contributed by atoms with Gasteiger partial charge < -0.3 is 10.6 Å². The van der Waals surface area contributed by atoms with E-state index in [0.29, 0.717) is 0 Å². The molecule has 1 aliphatic carbocycles. The molecule has 1 fully saturated rings. The lowest BCUT2D eigenvalue weighted by atomic mass is 9.99. The minimum atomic E-state index is -0.136. The predicted octanol–water partition coefficient (Wildman–Crippen LogP) is 3.78. The van der Waals surface area contributed by atoms with Crippen LogP contribution in [0.3, 0.4) is 0 Å². The molecule has 0 spiro atoms. The molecule has 4 nitrogen and oxygen atoms in total. The Hall–Kier alpha value is -2.62. The van der Waals surface area contributed by atoms with Gasteiger partial charge in [0.25, 0.3) is 0 Å². The van der Waals surface area contributed by atoms with Gasteiger partial charge in [0, 0.05) is 5.92 Å². The summed E-state index contributed by atoms with van der Waals surface area (Å²) in [5, 5.41) is 5.90. The predicted molar refractivity (Wildman–Crippen MR) is 107 cm³/mol. The zero-order valence-electron chi connectivity index (χ0n) is 15.7. The van der Waals surface area contributed by atoms with E-state index in [4.69, 9.17) is 0 Å². The minimum absolute atomic E-state index is 0.0168. The molecular weight excluding hydrogens is 336 g/mol. The maximum Gasteiger partial charge on any atom is 0.239 e. The summed E-state index contributed by atoms with van der Waals surface area (Å²) in [6, 6.07) is 20.2. The molecule has 2 N–H and O–H groups in total. The zero-order chi connectivity index (χ0) is 18.9. The number of carbonyl (C=O) groups is 2. The first kappa shape index (κ1) is 19.2. The van der Waals surface area contributed by atoms with Crippen molar-refractivity contribution in [3.63, 3.8) is 0 Å². The fourth-order valence-electron chi connectivity index (χ4n) is 3.71. The van der Waals surface area contributed by atoms with Gasteiger partial charge in [-0.25, -0.2) is 0 Å². The number of hydrogen-bond donors (Lipinski definition) is 2. The van der Waals surface area contributed by atoms with E-state index in [1.165, 1.54) is 5.56 Å². The van der Waals surface area contributed by atoms with E-state index >= 15 is 0 Å². The summed E-state index contributed by atoms with van der Waals surface area (Å²) < 4.78 is 0. The lowest BCUT2D eigenvalue weighted by Crippen LogP contribution is -2.40. The molecular formula is C23H28N2O2. The lowest BCUT2D eigenvalue weighted by molar-refractivity contribution is -0.128. The third-order valence-electron chi connectivity index (χ3n) is 5.25. The van der Waals surface area contributed by atoms with Crippen LogP contribution in [0, 0.1) is 5.92 Å². The maximum atomic E-state index is 12.4. The monoisotopic (exact) mass is 364 g/mol. The Kier molecular flexibility index (Phi) is 7.03. The van der Waals surface area contributed by atoms with Crippen LogP contribution in [0.5, 0.6) is 0 Å². The van der Waals surface area contributed by atoms with Gasteiger partial charge in [0.2, 0.25) is 11.8 Å². The fourth-order valence-corrected chi connectivity index (χ4v) is 3.71. The van der Waals surface area contributed by atoms with Crippen molar-refractivity contribution in [2.45, 2.75) is 44.6 Å². The van der Waals surface area contributed by atoms with Gasteiger partial charge in [-0.05, 0) is 36.8 Å². The molecule has 0 saturated heterocycles. The number of rotatable bonds is 8. The van der Waals surface area contributed by atoms with E-state index in [0.717, 1.165) is 44.1 Å². The Labute approximate surface area is 161 Å². The Bertz CT molecular complexity index is 725. The van der Waals surface area contributed by atoms with Crippen molar-refractivity contribution in [2.24, 2.45) is 5.92 Å². The van der Waals surface area contributed by atoms with Gasteiger partial charge in [0.05, 0.1) is 12.6 Å². The van der Waals surface area contributed by atoms with E-state index in [2.05, 4.69) is 22.8 Å². The number of benzene rings is 2. The van der Waals surface area contributed by atoms with Crippen LogP contribution in [0.4, 0.5) is 0 Å². The fraction of sp³-hybridized carbons (Fsp3) is 0.391. The normalized spacial score (nSPS) is 15.3. The van der Waals surface area contributed by atoms with Crippen LogP contribution in [0.25, 0.3) is 0 Å². The average Bonchev–Trinajstić information content (AvgIpc) is 3.26. The molecule has 1 unspecified atom stereocenters. The van der Waals surface area contributed by atoms with E-state index in [9.17, 15) is 9.59 Å². The van der Waals surface area contributed by atoms with E-state index in [1.54, 1.807) is 0 Å². The van der Waals surface area contributed by atoms with Crippen molar-refractivity contribution in [1.82, 2.24) is 10.6 Å². The topological polar surface area (TPSA) is 58.2 Å². The second kappa shape index (κ2) is 9.91.